The fourth-order valence-electron chi connectivity index (χ4n) is 5.17. The number of nitrogens with zero attached hydrogens (tertiary/aromatic N) is 2. The van der Waals surface area contributed by atoms with E-state index in [1.54, 1.807) is 0 Å². The van der Waals surface area contributed by atoms with E-state index in [1.807, 2.05) is 13.8 Å². The molecule has 0 aromatic heterocycles. The average Bonchev–Trinajstić information content (AvgIpc) is 2.82. The van der Waals surface area contributed by atoms with Crippen LogP contribution in [0.4, 0.5) is 11.4 Å². The highest BCUT2D eigenvalue weighted by atomic mass is 15.1. The standard InChI is InChI=1S/C27H38N2.C2H6/c1-22-6-10-26(11-7-22)28-18-14-24(15-19-28)4-3-5-25-16-20-29(21-17-25)27-12-8-23(2)9-13-27;1-2/h6-13,24-25H,3-5,14-21H2,1-2H3;1-2H3. The zero-order valence-electron chi connectivity index (χ0n) is 20.4. The van der Waals surface area contributed by atoms with Crippen LogP contribution in [-0.4, -0.2) is 26.2 Å². The van der Waals surface area contributed by atoms with Crippen LogP contribution in [0.3, 0.4) is 0 Å². The first-order valence-corrected chi connectivity index (χ1v) is 12.8. The van der Waals surface area contributed by atoms with E-state index in [4.69, 9.17) is 0 Å². The molecule has 2 aromatic rings. The van der Waals surface area contributed by atoms with Crippen LogP contribution in [0.25, 0.3) is 0 Å². The van der Waals surface area contributed by atoms with Gasteiger partial charge < -0.3 is 9.80 Å². The van der Waals surface area contributed by atoms with E-state index in [0.717, 1.165) is 11.8 Å². The Balaban J connectivity index is 0.00000132. The predicted molar refractivity (Wildman–Crippen MR) is 137 cm³/mol. The summed E-state index contributed by atoms with van der Waals surface area (Å²) in [7, 11) is 0. The average molecular weight is 421 g/mol. The molecule has 2 saturated heterocycles. The lowest BCUT2D eigenvalue weighted by Gasteiger charge is -2.35. The Bertz CT molecular complexity index is 668. The number of hydrogen-bond donors (Lipinski definition) is 0. The minimum atomic E-state index is 0.948. The molecule has 0 amide bonds. The Kier molecular flexibility index (Phi) is 9.31. The fourth-order valence-corrected chi connectivity index (χ4v) is 5.17. The lowest BCUT2D eigenvalue weighted by molar-refractivity contribution is 0.325. The van der Waals surface area contributed by atoms with E-state index in [-0.39, 0.29) is 0 Å². The van der Waals surface area contributed by atoms with Gasteiger partial charge in [-0.15, -0.1) is 0 Å². The lowest BCUT2D eigenvalue weighted by atomic mass is 9.86. The third-order valence-corrected chi connectivity index (χ3v) is 7.25. The molecule has 0 spiro atoms. The number of piperidine rings is 2. The van der Waals surface area contributed by atoms with Gasteiger partial charge in [0, 0.05) is 37.6 Å². The van der Waals surface area contributed by atoms with Gasteiger partial charge in [0.15, 0.2) is 0 Å². The van der Waals surface area contributed by atoms with Crippen LogP contribution >= 0.6 is 0 Å². The van der Waals surface area contributed by atoms with Gasteiger partial charge >= 0.3 is 0 Å². The summed E-state index contributed by atoms with van der Waals surface area (Å²) in [6.07, 6.45) is 9.82. The highest BCUT2D eigenvalue weighted by Gasteiger charge is 2.22. The maximum atomic E-state index is 2.58. The van der Waals surface area contributed by atoms with Crippen LogP contribution < -0.4 is 9.80 Å². The van der Waals surface area contributed by atoms with E-state index in [1.165, 1.54) is 93.6 Å². The van der Waals surface area contributed by atoms with Crippen LogP contribution in [0.5, 0.6) is 0 Å². The number of benzene rings is 2. The van der Waals surface area contributed by atoms with Gasteiger partial charge in [-0.25, -0.2) is 0 Å². The summed E-state index contributed by atoms with van der Waals surface area (Å²) in [6.45, 7) is 13.3. The van der Waals surface area contributed by atoms with E-state index in [0.29, 0.717) is 0 Å². The van der Waals surface area contributed by atoms with Crippen molar-refractivity contribution in [1.29, 1.82) is 0 Å². The van der Waals surface area contributed by atoms with Crippen molar-refractivity contribution in [3.8, 4) is 0 Å². The molecule has 0 atom stereocenters. The topological polar surface area (TPSA) is 6.48 Å². The van der Waals surface area contributed by atoms with Crippen molar-refractivity contribution in [3.05, 3.63) is 59.7 Å². The van der Waals surface area contributed by atoms with Crippen LogP contribution in [0.2, 0.25) is 0 Å². The molecule has 4 rings (SSSR count). The highest BCUT2D eigenvalue weighted by molar-refractivity contribution is 5.48. The number of anilines is 2. The Labute approximate surface area is 191 Å². The van der Waals surface area contributed by atoms with Gasteiger partial charge in [0.1, 0.15) is 0 Å². The van der Waals surface area contributed by atoms with Crippen LogP contribution in [0, 0.1) is 25.7 Å². The molecule has 2 nitrogen and oxygen atoms in total. The Morgan fingerprint density at radius 3 is 1.23 bits per heavy atom. The predicted octanol–water partition coefficient (Wildman–Crippen LogP) is 7.63. The summed E-state index contributed by atoms with van der Waals surface area (Å²) in [5.74, 6) is 1.90. The quantitative estimate of drug-likeness (QED) is 0.474. The fraction of sp³-hybridized carbons (Fsp3) is 0.586. The lowest BCUT2D eigenvalue weighted by Crippen LogP contribution is -2.34. The van der Waals surface area contributed by atoms with Crippen molar-refractivity contribution in [3.63, 3.8) is 0 Å². The molecule has 2 fully saturated rings. The summed E-state index contributed by atoms with van der Waals surface area (Å²) in [5, 5.41) is 0. The SMILES string of the molecule is CC.Cc1ccc(N2CCC(CCCC3CCN(c4ccc(C)cc4)CC3)CC2)cc1. The van der Waals surface area contributed by atoms with Gasteiger partial charge in [-0.1, -0.05) is 68.5 Å². The van der Waals surface area contributed by atoms with Gasteiger partial charge in [0.05, 0.1) is 0 Å². The van der Waals surface area contributed by atoms with Gasteiger partial charge in [0.2, 0.25) is 0 Å². The molecule has 31 heavy (non-hydrogen) atoms. The summed E-state index contributed by atoms with van der Waals surface area (Å²) in [6, 6.07) is 18.1. The summed E-state index contributed by atoms with van der Waals surface area (Å²) >= 11 is 0. The smallest absolute Gasteiger partial charge is 0.0366 e. The minimum absolute atomic E-state index is 0.948. The first-order valence-electron chi connectivity index (χ1n) is 12.8. The van der Waals surface area contributed by atoms with Gasteiger partial charge in [-0.2, -0.15) is 0 Å². The molecule has 0 saturated carbocycles. The summed E-state index contributed by atoms with van der Waals surface area (Å²) < 4.78 is 0. The van der Waals surface area contributed by atoms with E-state index in [9.17, 15) is 0 Å². The number of aryl methyl sites for hydroxylation is 2. The molecule has 0 aliphatic carbocycles. The van der Waals surface area contributed by atoms with E-state index < -0.39 is 0 Å². The Morgan fingerprint density at radius 2 is 0.903 bits per heavy atom. The van der Waals surface area contributed by atoms with E-state index in [2.05, 4.69) is 72.2 Å². The molecule has 0 N–H and O–H groups in total. The first-order chi connectivity index (χ1) is 15.2. The molecular formula is C29H44N2. The summed E-state index contributed by atoms with van der Waals surface area (Å²) in [4.78, 5) is 5.16. The maximum absolute atomic E-state index is 2.58. The largest absolute Gasteiger partial charge is 0.372 e. The molecule has 2 heterocycles. The van der Waals surface area contributed by atoms with Gasteiger partial charge in [-0.3, -0.25) is 0 Å². The van der Waals surface area contributed by atoms with Gasteiger partial charge in [0.25, 0.3) is 0 Å². The minimum Gasteiger partial charge on any atom is -0.372 e. The second-order valence-corrected chi connectivity index (χ2v) is 9.46. The van der Waals surface area contributed by atoms with Crippen molar-refractivity contribution in [2.45, 2.75) is 72.6 Å². The van der Waals surface area contributed by atoms with Crippen molar-refractivity contribution in [2.75, 3.05) is 36.0 Å². The second-order valence-electron chi connectivity index (χ2n) is 9.46. The molecule has 170 valence electrons. The van der Waals surface area contributed by atoms with Crippen molar-refractivity contribution in [1.82, 2.24) is 0 Å². The molecule has 2 aliphatic rings. The third kappa shape index (κ3) is 7.02. The zero-order valence-corrected chi connectivity index (χ0v) is 20.4. The van der Waals surface area contributed by atoms with E-state index >= 15 is 0 Å². The van der Waals surface area contributed by atoms with Crippen LogP contribution in [-0.2, 0) is 0 Å². The van der Waals surface area contributed by atoms with Crippen molar-refractivity contribution >= 4 is 11.4 Å². The van der Waals surface area contributed by atoms with Crippen LogP contribution in [0.1, 0.15) is 69.9 Å². The molecule has 2 aliphatic heterocycles. The molecule has 0 unspecified atom stereocenters. The molecule has 0 radical (unpaired) electrons. The van der Waals surface area contributed by atoms with Crippen LogP contribution in [0.15, 0.2) is 48.5 Å². The maximum Gasteiger partial charge on any atom is 0.0366 e. The van der Waals surface area contributed by atoms with Crippen molar-refractivity contribution in [2.24, 2.45) is 11.8 Å². The molecule has 2 aromatic carbocycles. The number of rotatable bonds is 6. The normalized spacial score (nSPS) is 17.9. The second kappa shape index (κ2) is 12.2. The highest BCUT2D eigenvalue weighted by Crippen LogP contribution is 2.30. The zero-order chi connectivity index (χ0) is 22.1. The molecule has 0 bridgehead atoms. The van der Waals surface area contributed by atoms with Crippen molar-refractivity contribution < 1.29 is 0 Å². The summed E-state index contributed by atoms with van der Waals surface area (Å²) in [5.41, 5.74) is 5.53. The molecule has 2 heteroatoms. The molecular weight excluding hydrogens is 376 g/mol. The monoisotopic (exact) mass is 420 g/mol. The van der Waals surface area contributed by atoms with Gasteiger partial charge in [-0.05, 0) is 75.6 Å². The first kappa shape index (κ1) is 23.7. The Hall–Kier alpha value is -1.96. The number of hydrogen-bond acceptors (Lipinski definition) is 2. The third-order valence-electron chi connectivity index (χ3n) is 7.25. The Morgan fingerprint density at radius 1 is 0.581 bits per heavy atom.